The fourth-order valence-electron chi connectivity index (χ4n) is 2.90. The Kier molecular flexibility index (Phi) is 5.24. The molecule has 4 nitrogen and oxygen atoms in total. The molecule has 1 aliphatic rings. The quantitative estimate of drug-likeness (QED) is 0.919. The molecule has 2 heterocycles. The van der Waals surface area contributed by atoms with Gasteiger partial charge < -0.3 is 9.88 Å². The van der Waals surface area contributed by atoms with Crippen molar-refractivity contribution in [1.82, 2.24) is 14.9 Å². The molecule has 0 atom stereocenters. The number of rotatable bonds is 5. The smallest absolute Gasteiger partial charge is 0.252 e. The van der Waals surface area contributed by atoms with Gasteiger partial charge in [-0.15, -0.1) is 12.4 Å². The maximum Gasteiger partial charge on any atom is 0.252 e. The number of nitrogens with one attached hydrogen (secondary N) is 1. The molecule has 118 valence electrons. The third-order valence-electron chi connectivity index (χ3n) is 4.10. The Hall–Kier alpha value is -1.81. The number of halogens is 1. The van der Waals surface area contributed by atoms with E-state index in [4.69, 9.17) is 0 Å². The Labute approximate surface area is 137 Å². The highest BCUT2D eigenvalue weighted by Gasteiger charge is 2.26. The molecular formula is C17H22ClN3O. The summed E-state index contributed by atoms with van der Waals surface area (Å²) >= 11 is 0. The molecule has 0 aromatic carbocycles. The summed E-state index contributed by atoms with van der Waals surface area (Å²) in [5.74, 6) is -0.0564. The van der Waals surface area contributed by atoms with Gasteiger partial charge in [-0.05, 0) is 56.9 Å². The lowest BCUT2D eigenvalue weighted by Gasteiger charge is -2.08. The second kappa shape index (κ2) is 6.97. The lowest BCUT2D eigenvalue weighted by Crippen LogP contribution is -2.25. The van der Waals surface area contributed by atoms with Crippen molar-refractivity contribution in [3.8, 4) is 0 Å². The summed E-state index contributed by atoms with van der Waals surface area (Å²) in [7, 11) is 0. The molecule has 5 heteroatoms. The van der Waals surface area contributed by atoms with Gasteiger partial charge in [0.1, 0.15) is 0 Å². The van der Waals surface area contributed by atoms with Gasteiger partial charge in [0.05, 0.1) is 5.56 Å². The maximum atomic E-state index is 12.0. The molecule has 1 saturated carbocycles. The first-order valence-electron chi connectivity index (χ1n) is 7.52. The highest BCUT2D eigenvalue weighted by Crippen LogP contribution is 2.38. The van der Waals surface area contributed by atoms with E-state index < -0.39 is 0 Å². The zero-order valence-electron chi connectivity index (χ0n) is 13.0. The van der Waals surface area contributed by atoms with Gasteiger partial charge in [-0.2, -0.15) is 0 Å². The molecule has 1 aliphatic carbocycles. The monoisotopic (exact) mass is 319 g/mol. The van der Waals surface area contributed by atoms with Crippen molar-refractivity contribution in [2.45, 2.75) is 39.2 Å². The summed E-state index contributed by atoms with van der Waals surface area (Å²) in [6, 6.07) is 6.52. The van der Waals surface area contributed by atoms with Gasteiger partial charge in [-0.25, -0.2) is 0 Å². The number of hydrogen-bond acceptors (Lipinski definition) is 2. The first kappa shape index (κ1) is 16.6. The lowest BCUT2D eigenvalue weighted by atomic mass is 10.1. The Balaban J connectivity index is 0.00000176. The van der Waals surface area contributed by atoms with Gasteiger partial charge in [0, 0.05) is 36.4 Å². The number of aromatic nitrogens is 2. The zero-order chi connectivity index (χ0) is 14.8. The van der Waals surface area contributed by atoms with Crippen LogP contribution in [0.1, 0.15) is 46.2 Å². The second-order valence-electron chi connectivity index (χ2n) is 5.75. The van der Waals surface area contributed by atoms with E-state index in [1.165, 1.54) is 29.8 Å². The lowest BCUT2D eigenvalue weighted by molar-refractivity contribution is 0.0953. The zero-order valence-corrected chi connectivity index (χ0v) is 13.8. The Bertz CT molecular complexity index is 647. The normalized spacial score (nSPS) is 13.5. The average Bonchev–Trinajstić information content (AvgIpc) is 3.27. The Morgan fingerprint density at radius 2 is 2.18 bits per heavy atom. The molecule has 2 aromatic rings. The molecule has 3 rings (SSSR count). The largest absolute Gasteiger partial charge is 0.352 e. The molecule has 0 spiro atoms. The van der Waals surface area contributed by atoms with Crippen LogP contribution in [-0.4, -0.2) is 22.0 Å². The molecule has 2 aromatic heterocycles. The number of carbonyl (C=O) groups is 1. The minimum absolute atomic E-state index is 0. The van der Waals surface area contributed by atoms with Crippen LogP contribution in [0.2, 0.25) is 0 Å². The summed E-state index contributed by atoms with van der Waals surface area (Å²) in [5.41, 5.74) is 4.64. The van der Waals surface area contributed by atoms with Crippen molar-refractivity contribution < 1.29 is 4.79 Å². The van der Waals surface area contributed by atoms with Crippen molar-refractivity contribution in [1.29, 1.82) is 0 Å². The van der Waals surface area contributed by atoms with Crippen molar-refractivity contribution in [3.05, 3.63) is 53.1 Å². The number of nitrogens with zero attached hydrogens (tertiary/aromatic N) is 2. The van der Waals surface area contributed by atoms with E-state index >= 15 is 0 Å². The summed E-state index contributed by atoms with van der Waals surface area (Å²) in [4.78, 5) is 15.9. The summed E-state index contributed by atoms with van der Waals surface area (Å²) < 4.78 is 2.44. The summed E-state index contributed by atoms with van der Waals surface area (Å²) in [6.45, 7) is 5.01. The van der Waals surface area contributed by atoms with E-state index in [9.17, 15) is 4.79 Å². The summed E-state index contributed by atoms with van der Waals surface area (Å²) in [6.07, 6.45) is 6.73. The van der Waals surface area contributed by atoms with Gasteiger partial charge in [-0.3, -0.25) is 9.78 Å². The predicted octanol–water partition coefficient (Wildman–Crippen LogP) is 3.23. The molecule has 1 N–H and O–H groups in total. The van der Waals surface area contributed by atoms with Crippen LogP contribution in [0.4, 0.5) is 0 Å². The van der Waals surface area contributed by atoms with Gasteiger partial charge >= 0.3 is 0 Å². The molecule has 22 heavy (non-hydrogen) atoms. The molecule has 0 bridgehead atoms. The number of amides is 1. The van der Waals surface area contributed by atoms with E-state index in [1.54, 1.807) is 24.5 Å². The SMILES string of the molecule is Cc1cc(CCNC(=O)c2cccnc2)c(C)n1C1CC1.Cl. The van der Waals surface area contributed by atoms with Crippen LogP contribution in [0, 0.1) is 13.8 Å². The third-order valence-corrected chi connectivity index (χ3v) is 4.10. The number of hydrogen-bond donors (Lipinski definition) is 1. The first-order chi connectivity index (χ1) is 10.2. The Morgan fingerprint density at radius 1 is 1.41 bits per heavy atom. The van der Waals surface area contributed by atoms with Gasteiger partial charge in [0.2, 0.25) is 0 Å². The van der Waals surface area contributed by atoms with Crippen LogP contribution in [0.15, 0.2) is 30.6 Å². The molecule has 0 aliphatic heterocycles. The van der Waals surface area contributed by atoms with E-state index in [0.717, 1.165) is 6.42 Å². The minimum Gasteiger partial charge on any atom is -0.352 e. The molecule has 1 fully saturated rings. The van der Waals surface area contributed by atoms with Crippen molar-refractivity contribution in [2.75, 3.05) is 6.54 Å². The third kappa shape index (κ3) is 3.50. The van der Waals surface area contributed by atoms with E-state index in [-0.39, 0.29) is 18.3 Å². The van der Waals surface area contributed by atoms with Crippen molar-refractivity contribution in [2.24, 2.45) is 0 Å². The molecule has 1 amide bonds. The topological polar surface area (TPSA) is 46.9 Å². The van der Waals surface area contributed by atoms with Gasteiger partial charge in [0.15, 0.2) is 0 Å². The van der Waals surface area contributed by atoms with Crippen LogP contribution < -0.4 is 5.32 Å². The summed E-state index contributed by atoms with van der Waals surface area (Å²) in [5, 5.41) is 2.96. The Morgan fingerprint density at radius 3 is 2.82 bits per heavy atom. The highest BCUT2D eigenvalue weighted by atomic mass is 35.5. The molecular weight excluding hydrogens is 298 g/mol. The maximum absolute atomic E-state index is 12.0. The fraction of sp³-hybridized carbons (Fsp3) is 0.412. The molecule has 0 radical (unpaired) electrons. The number of aryl methyl sites for hydroxylation is 1. The molecule has 0 saturated heterocycles. The van der Waals surface area contributed by atoms with Crippen LogP contribution in [0.3, 0.4) is 0 Å². The van der Waals surface area contributed by atoms with Crippen LogP contribution in [0.5, 0.6) is 0 Å². The predicted molar refractivity (Wildman–Crippen MR) is 89.7 cm³/mol. The number of pyridine rings is 1. The van der Waals surface area contributed by atoms with E-state index in [2.05, 4.69) is 34.8 Å². The fourth-order valence-corrected chi connectivity index (χ4v) is 2.90. The highest BCUT2D eigenvalue weighted by molar-refractivity contribution is 5.93. The second-order valence-corrected chi connectivity index (χ2v) is 5.75. The van der Waals surface area contributed by atoms with Crippen LogP contribution in [-0.2, 0) is 6.42 Å². The first-order valence-corrected chi connectivity index (χ1v) is 7.52. The minimum atomic E-state index is -0.0564. The standard InChI is InChI=1S/C17H21N3O.ClH/c1-12-10-14(13(2)20(12)16-5-6-16)7-9-19-17(21)15-4-3-8-18-11-15;/h3-4,8,10-11,16H,5-7,9H2,1-2H3,(H,19,21);1H. The van der Waals surface area contributed by atoms with E-state index in [1.807, 2.05) is 0 Å². The van der Waals surface area contributed by atoms with Crippen LogP contribution in [0.25, 0.3) is 0 Å². The van der Waals surface area contributed by atoms with Crippen molar-refractivity contribution >= 4 is 18.3 Å². The molecule has 0 unspecified atom stereocenters. The number of carbonyl (C=O) groups excluding carboxylic acids is 1. The van der Waals surface area contributed by atoms with E-state index in [0.29, 0.717) is 18.2 Å². The van der Waals surface area contributed by atoms with Crippen molar-refractivity contribution in [3.63, 3.8) is 0 Å². The van der Waals surface area contributed by atoms with Gasteiger partial charge in [0.25, 0.3) is 5.91 Å². The average molecular weight is 320 g/mol. The van der Waals surface area contributed by atoms with Gasteiger partial charge in [-0.1, -0.05) is 0 Å². The van der Waals surface area contributed by atoms with Crippen LogP contribution >= 0.6 is 12.4 Å².